The number of hydrogen-bond acceptors (Lipinski definition) is 5. The second-order valence-electron chi connectivity index (χ2n) is 4.58. The van der Waals surface area contributed by atoms with Crippen LogP contribution in [0, 0.1) is 0 Å². The first-order chi connectivity index (χ1) is 8.50. The summed E-state index contributed by atoms with van der Waals surface area (Å²) in [6.45, 7) is 4.04. The van der Waals surface area contributed by atoms with Crippen LogP contribution in [-0.2, 0) is 0 Å². The Morgan fingerprint density at radius 1 is 1.67 bits per heavy atom. The van der Waals surface area contributed by atoms with Crippen LogP contribution < -0.4 is 16.2 Å². The molecule has 6 heteroatoms. The van der Waals surface area contributed by atoms with Gasteiger partial charge < -0.3 is 5.73 Å². The third kappa shape index (κ3) is 2.42. The Balaban J connectivity index is 2.31. The number of anilines is 2. The molecule has 0 radical (unpaired) electrons. The zero-order valence-corrected chi connectivity index (χ0v) is 11.6. The maximum atomic E-state index is 5.96. The zero-order chi connectivity index (χ0) is 13.3. The molecule has 98 valence electrons. The van der Waals surface area contributed by atoms with Crippen LogP contribution in [0.1, 0.15) is 31.9 Å². The molecule has 0 aromatic carbocycles. The van der Waals surface area contributed by atoms with Crippen LogP contribution in [0.2, 0.25) is 0 Å². The van der Waals surface area contributed by atoms with E-state index in [2.05, 4.69) is 28.4 Å². The van der Waals surface area contributed by atoms with Gasteiger partial charge in [-0.3, -0.25) is 5.01 Å². The van der Waals surface area contributed by atoms with E-state index in [9.17, 15) is 0 Å². The molecule has 18 heavy (non-hydrogen) atoms. The molecule has 1 aliphatic heterocycles. The summed E-state index contributed by atoms with van der Waals surface area (Å²) in [7, 11) is 1.92. The van der Waals surface area contributed by atoms with Gasteiger partial charge in [0.25, 0.3) is 0 Å². The van der Waals surface area contributed by atoms with Crippen LogP contribution in [0.3, 0.4) is 0 Å². The highest BCUT2D eigenvalue weighted by molar-refractivity contribution is 6.20. The van der Waals surface area contributed by atoms with Gasteiger partial charge in [0.05, 0.1) is 11.6 Å². The van der Waals surface area contributed by atoms with Crippen molar-refractivity contribution in [3.05, 3.63) is 23.5 Å². The first-order valence-corrected chi connectivity index (χ1v) is 6.35. The van der Waals surface area contributed by atoms with Gasteiger partial charge in [0, 0.05) is 12.4 Å². The summed E-state index contributed by atoms with van der Waals surface area (Å²) in [5, 5.41) is 2.00. The van der Waals surface area contributed by atoms with Crippen molar-refractivity contribution in [1.82, 2.24) is 15.4 Å². The second kappa shape index (κ2) is 5.12. The quantitative estimate of drug-likeness (QED) is 0.648. The summed E-state index contributed by atoms with van der Waals surface area (Å²) < 4.78 is 0. The molecule has 1 aromatic rings. The lowest BCUT2D eigenvalue weighted by molar-refractivity contribution is 0.633. The number of nitrogen functional groups attached to an aromatic ring is 1. The number of alkyl halides is 1. The molecule has 0 amide bonds. The molecule has 2 atom stereocenters. The van der Waals surface area contributed by atoms with Gasteiger partial charge in [0.2, 0.25) is 0 Å². The van der Waals surface area contributed by atoms with Gasteiger partial charge >= 0.3 is 0 Å². The van der Waals surface area contributed by atoms with E-state index in [0.29, 0.717) is 5.82 Å². The molecular formula is C12H18ClN5. The molecule has 2 rings (SSSR count). The summed E-state index contributed by atoms with van der Waals surface area (Å²) >= 11 is 5.96. The highest BCUT2D eigenvalue weighted by Crippen LogP contribution is 2.37. The minimum atomic E-state index is 0.0293. The summed E-state index contributed by atoms with van der Waals surface area (Å²) in [5.41, 5.74) is 11.4. The number of halogens is 1. The van der Waals surface area contributed by atoms with Gasteiger partial charge in [-0.25, -0.2) is 15.4 Å². The molecule has 1 unspecified atom stereocenters. The van der Waals surface area contributed by atoms with Gasteiger partial charge in [-0.15, -0.1) is 11.6 Å². The Labute approximate surface area is 112 Å². The summed E-state index contributed by atoms with van der Waals surface area (Å²) in [5.74, 6) is 1.35. The van der Waals surface area contributed by atoms with Crippen molar-refractivity contribution < 1.29 is 0 Å². The third-order valence-electron chi connectivity index (χ3n) is 3.04. The predicted molar refractivity (Wildman–Crippen MR) is 74.4 cm³/mol. The van der Waals surface area contributed by atoms with Crippen LogP contribution in [0.25, 0.3) is 0 Å². The average molecular weight is 268 g/mol. The highest BCUT2D eigenvalue weighted by atomic mass is 35.5. The van der Waals surface area contributed by atoms with Crippen molar-refractivity contribution in [3.63, 3.8) is 0 Å². The predicted octanol–water partition coefficient (Wildman–Crippen LogP) is 2.02. The van der Waals surface area contributed by atoms with Crippen LogP contribution >= 0.6 is 11.6 Å². The number of nitrogens with zero attached hydrogens (tertiary/aromatic N) is 3. The fourth-order valence-electron chi connectivity index (χ4n) is 2.06. The van der Waals surface area contributed by atoms with Gasteiger partial charge in [-0.05, 0) is 20.3 Å². The van der Waals surface area contributed by atoms with Gasteiger partial charge in [0.15, 0.2) is 5.82 Å². The molecule has 0 saturated carbocycles. The minimum absolute atomic E-state index is 0.0293. The van der Waals surface area contributed by atoms with Crippen LogP contribution in [-0.4, -0.2) is 22.4 Å². The van der Waals surface area contributed by atoms with Gasteiger partial charge in [-0.1, -0.05) is 11.6 Å². The molecule has 2 heterocycles. The summed E-state index contributed by atoms with van der Waals surface area (Å²) in [6.07, 6.45) is 4.44. The number of aromatic nitrogens is 2. The number of allylic oxidation sites excluding steroid dienone is 1. The Morgan fingerprint density at radius 3 is 3.06 bits per heavy atom. The van der Waals surface area contributed by atoms with Crippen LogP contribution in [0.4, 0.5) is 11.6 Å². The molecule has 1 aromatic heterocycles. The largest absolute Gasteiger partial charge is 0.383 e. The molecule has 0 saturated heterocycles. The zero-order valence-electron chi connectivity index (χ0n) is 10.8. The number of fused-ring (bicyclic) bond motifs is 1. The molecule has 0 fully saturated rings. The molecule has 5 nitrogen and oxygen atoms in total. The highest BCUT2D eigenvalue weighted by Gasteiger charge is 2.30. The number of nitrogens with two attached hydrogens (primary N) is 1. The normalized spacial score (nSPS) is 21.0. The Kier molecular flexibility index (Phi) is 3.73. The number of hydrazine groups is 1. The second-order valence-corrected chi connectivity index (χ2v) is 5.33. The first kappa shape index (κ1) is 13.1. The number of rotatable bonds is 3. The number of nitrogens with one attached hydrogen (secondary N) is 1. The monoisotopic (exact) mass is 267 g/mol. The summed E-state index contributed by atoms with van der Waals surface area (Å²) in [6, 6.07) is 0.0293. The van der Waals surface area contributed by atoms with Crippen molar-refractivity contribution in [2.24, 2.45) is 0 Å². The lowest BCUT2D eigenvalue weighted by Crippen LogP contribution is -2.31. The number of hydrogen-bond donors (Lipinski definition) is 2. The molecule has 1 aliphatic rings. The van der Waals surface area contributed by atoms with E-state index in [-0.39, 0.29) is 11.4 Å². The maximum Gasteiger partial charge on any atom is 0.153 e. The van der Waals surface area contributed by atoms with Crippen LogP contribution in [0.15, 0.2) is 18.0 Å². The van der Waals surface area contributed by atoms with E-state index in [0.717, 1.165) is 17.8 Å². The average Bonchev–Trinajstić information content (AvgIpc) is 2.66. The van der Waals surface area contributed by atoms with Crippen molar-refractivity contribution in [2.75, 3.05) is 17.8 Å². The standard InChI is InChI=1S/C12H18ClN5/c1-7(4-5-8(2)13)10-9-11(14)15-6-16-12(9)18(3)17-10/h4,6,8,10,17H,5H2,1-3H3,(H2,14,15,16)/b7-4+/t8-,10?/m1/s1. The Hall–Kier alpha value is -1.33. The van der Waals surface area contributed by atoms with Gasteiger partial charge in [0.1, 0.15) is 12.1 Å². The first-order valence-electron chi connectivity index (χ1n) is 5.91. The molecular weight excluding hydrogens is 250 g/mol. The third-order valence-corrected chi connectivity index (χ3v) is 3.22. The molecule has 0 aliphatic carbocycles. The van der Waals surface area contributed by atoms with E-state index < -0.39 is 0 Å². The van der Waals surface area contributed by atoms with E-state index in [1.165, 1.54) is 11.9 Å². The Bertz CT molecular complexity index is 472. The topological polar surface area (TPSA) is 67.1 Å². The lowest BCUT2D eigenvalue weighted by Gasteiger charge is -2.15. The fraction of sp³-hybridized carbons (Fsp3) is 0.500. The fourth-order valence-corrected chi connectivity index (χ4v) is 2.15. The van der Waals surface area contributed by atoms with E-state index in [1.807, 2.05) is 19.0 Å². The molecule has 0 bridgehead atoms. The van der Waals surface area contributed by atoms with Gasteiger partial charge in [-0.2, -0.15) is 0 Å². The van der Waals surface area contributed by atoms with E-state index in [1.54, 1.807) is 0 Å². The molecule has 0 spiro atoms. The van der Waals surface area contributed by atoms with E-state index >= 15 is 0 Å². The SMILES string of the molecule is C/C(=C\C[C@@H](C)Cl)C1NN(C)c2ncnc(N)c21. The molecule has 3 N–H and O–H groups in total. The Morgan fingerprint density at radius 2 is 2.39 bits per heavy atom. The van der Waals surface area contributed by atoms with E-state index in [4.69, 9.17) is 17.3 Å². The van der Waals surface area contributed by atoms with Crippen molar-refractivity contribution in [1.29, 1.82) is 0 Å². The summed E-state index contributed by atoms with van der Waals surface area (Å²) in [4.78, 5) is 8.31. The maximum absolute atomic E-state index is 5.96. The van der Waals surface area contributed by atoms with Crippen molar-refractivity contribution in [2.45, 2.75) is 31.7 Å². The van der Waals surface area contributed by atoms with Crippen molar-refractivity contribution in [3.8, 4) is 0 Å². The minimum Gasteiger partial charge on any atom is -0.383 e. The lowest BCUT2D eigenvalue weighted by atomic mass is 10.0. The van der Waals surface area contributed by atoms with Crippen molar-refractivity contribution >= 4 is 23.2 Å². The van der Waals surface area contributed by atoms with Crippen LogP contribution in [0.5, 0.6) is 0 Å². The smallest absolute Gasteiger partial charge is 0.153 e.